The summed E-state index contributed by atoms with van der Waals surface area (Å²) < 4.78 is 276. The second kappa shape index (κ2) is 6.20. The van der Waals surface area contributed by atoms with Gasteiger partial charge in [0.15, 0.2) is 0 Å². The Kier molecular flexibility index (Phi) is 4.86. The molecule has 0 N–H and O–H groups in total. The van der Waals surface area contributed by atoms with Gasteiger partial charge in [-0.2, -0.15) is 83.4 Å². The highest BCUT2D eigenvalue weighted by molar-refractivity contribution is 5.60. The Bertz CT molecular complexity index is 1030. The zero-order valence-corrected chi connectivity index (χ0v) is 15.1. The molecular weight excluding hydrogens is 560 g/mol. The third kappa shape index (κ3) is 2.53. The number of alkyl halides is 19. The van der Waals surface area contributed by atoms with Crippen LogP contribution in [-0.4, -0.2) is 23.7 Å². The minimum absolute atomic E-state index is 4.44. The molecule has 20 heteroatoms. The molecule has 0 spiro atoms. The molecule has 0 bridgehead atoms. The van der Waals surface area contributed by atoms with Crippen molar-refractivity contribution < 1.29 is 87.8 Å². The van der Waals surface area contributed by atoms with Crippen molar-refractivity contribution in [1.82, 2.24) is 0 Å². The average Bonchev–Trinajstić information content (AvgIpc) is 2.62. The molecule has 3 rings (SSSR count). The minimum Gasteiger partial charge on any atom is -0.206 e. The van der Waals surface area contributed by atoms with E-state index in [1.54, 1.807) is 0 Å². The second-order valence-electron chi connectivity index (χ2n) is 7.28. The zero-order chi connectivity index (χ0) is 28.0. The predicted octanol–water partition coefficient (Wildman–Crippen LogP) is 7.78. The lowest BCUT2D eigenvalue weighted by Gasteiger charge is -2.48. The first-order chi connectivity index (χ1) is 15.0. The summed E-state index contributed by atoms with van der Waals surface area (Å²) in [5, 5.41) is 0. The lowest BCUT2D eigenvalue weighted by Crippen LogP contribution is -2.67. The maximum Gasteiger partial charge on any atom is 0.417 e. The summed E-state index contributed by atoms with van der Waals surface area (Å²) in [6, 6.07) is 0. The van der Waals surface area contributed by atoms with Gasteiger partial charge in [-0.15, -0.1) is 0 Å². The molecule has 0 radical (unpaired) electrons. The molecular formula is C15F20. The van der Waals surface area contributed by atoms with E-state index in [-0.39, 0.29) is 0 Å². The number of rotatable bonds is 0. The van der Waals surface area contributed by atoms with Gasteiger partial charge in [0.25, 0.3) is 0 Å². The van der Waals surface area contributed by atoms with E-state index in [1.165, 1.54) is 0 Å². The standard InChI is InChI=1S/C15F20/c16-6-4-1(7(17,18)12(28,29)14(32,33)9(4,21)22)3(11(25,26)27)2-5(6)10(23,24)15(34,35)13(30,31)8(2,19)20. The van der Waals surface area contributed by atoms with Crippen LogP contribution in [0.25, 0.3) is 0 Å². The largest absolute Gasteiger partial charge is 0.417 e. The van der Waals surface area contributed by atoms with Gasteiger partial charge < -0.3 is 0 Å². The van der Waals surface area contributed by atoms with Crippen LogP contribution in [0.5, 0.6) is 0 Å². The highest BCUT2D eigenvalue weighted by Crippen LogP contribution is 2.72. The summed E-state index contributed by atoms with van der Waals surface area (Å²) in [6.45, 7) is 0. The number of benzene rings is 1. The molecule has 200 valence electrons. The van der Waals surface area contributed by atoms with Gasteiger partial charge in [-0.1, -0.05) is 0 Å². The smallest absolute Gasteiger partial charge is 0.206 e. The highest BCUT2D eigenvalue weighted by atomic mass is 19.4. The molecule has 0 fully saturated rings. The van der Waals surface area contributed by atoms with E-state index >= 15 is 0 Å². The maximum atomic E-state index is 14.5. The number of fused-ring (bicyclic) bond motifs is 2. The molecule has 0 amide bonds. The van der Waals surface area contributed by atoms with Crippen molar-refractivity contribution in [3.63, 3.8) is 0 Å². The first-order valence-corrected chi connectivity index (χ1v) is 8.03. The van der Waals surface area contributed by atoms with Gasteiger partial charge in [-0.3, -0.25) is 0 Å². The van der Waals surface area contributed by atoms with Crippen LogP contribution in [-0.2, 0) is 29.9 Å². The summed E-state index contributed by atoms with van der Waals surface area (Å²) in [7, 11) is 0. The molecule has 0 atom stereocenters. The molecule has 0 nitrogen and oxygen atoms in total. The van der Waals surface area contributed by atoms with Gasteiger partial charge in [0, 0.05) is 0 Å². The van der Waals surface area contributed by atoms with Gasteiger partial charge in [0.1, 0.15) is 5.82 Å². The molecule has 1 aromatic rings. The van der Waals surface area contributed by atoms with Gasteiger partial charge >= 0.3 is 53.6 Å². The van der Waals surface area contributed by atoms with Gasteiger partial charge in [0.05, 0.1) is 27.8 Å². The zero-order valence-electron chi connectivity index (χ0n) is 15.1. The first kappa shape index (κ1) is 27.4. The monoisotopic (exact) mass is 560 g/mol. The molecule has 0 aromatic heterocycles. The van der Waals surface area contributed by atoms with Crippen molar-refractivity contribution in [3.8, 4) is 0 Å². The first-order valence-electron chi connectivity index (χ1n) is 8.03. The molecule has 2 aliphatic carbocycles. The van der Waals surface area contributed by atoms with Crippen LogP contribution in [0.2, 0.25) is 0 Å². The summed E-state index contributed by atoms with van der Waals surface area (Å²) >= 11 is 0. The van der Waals surface area contributed by atoms with E-state index in [9.17, 15) is 87.8 Å². The second-order valence-corrected chi connectivity index (χ2v) is 7.28. The Morgan fingerprint density at radius 1 is 0.371 bits per heavy atom. The van der Waals surface area contributed by atoms with Crippen LogP contribution in [0.3, 0.4) is 0 Å². The summed E-state index contributed by atoms with van der Waals surface area (Å²) in [5.74, 6) is -65.1. The average molecular weight is 560 g/mol. The number of hydrogen-bond donors (Lipinski definition) is 0. The van der Waals surface area contributed by atoms with Crippen LogP contribution in [0.4, 0.5) is 87.8 Å². The topological polar surface area (TPSA) is 0 Å². The van der Waals surface area contributed by atoms with Gasteiger partial charge in [0.2, 0.25) is 0 Å². The van der Waals surface area contributed by atoms with E-state index in [2.05, 4.69) is 0 Å². The molecule has 0 unspecified atom stereocenters. The van der Waals surface area contributed by atoms with Crippen LogP contribution >= 0.6 is 0 Å². The van der Waals surface area contributed by atoms with E-state index in [4.69, 9.17) is 0 Å². The van der Waals surface area contributed by atoms with Crippen LogP contribution in [0.15, 0.2) is 0 Å². The fourth-order valence-corrected chi connectivity index (χ4v) is 3.64. The predicted molar refractivity (Wildman–Crippen MR) is 66.8 cm³/mol. The minimum atomic E-state index is -7.73. The lowest BCUT2D eigenvalue weighted by atomic mass is 9.69. The highest BCUT2D eigenvalue weighted by Gasteiger charge is 2.90. The summed E-state index contributed by atoms with van der Waals surface area (Å²) in [6.07, 6.45) is -7.40. The Labute approximate surface area is 176 Å². The van der Waals surface area contributed by atoms with Crippen molar-refractivity contribution in [3.05, 3.63) is 33.6 Å². The molecule has 35 heavy (non-hydrogen) atoms. The van der Waals surface area contributed by atoms with E-state index in [0.29, 0.717) is 0 Å². The summed E-state index contributed by atoms with van der Waals surface area (Å²) in [5.41, 5.74) is -22.7. The normalized spacial score (nSPS) is 28.1. The Morgan fingerprint density at radius 3 is 0.771 bits per heavy atom. The van der Waals surface area contributed by atoms with E-state index in [0.717, 1.165) is 0 Å². The van der Waals surface area contributed by atoms with Gasteiger partial charge in [-0.25, -0.2) is 4.39 Å². The molecule has 0 saturated carbocycles. The molecule has 0 saturated heterocycles. The molecule has 0 heterocycles. The molecule has 0 aliphatic heterocycles. The van der Waals surface area contributed by atoms with Crippen molar-refractivity contribution in [2.75, 3.05) is 0 Å². The van der Waals surface area contributed by atoms with Crippen LogP contribution in [0, 0.1) is 5.82 Å². The molecule has 2 aliphatic rings. The van der Waals surface area contributed by atoms with E-state index < -0.39 is 87.2 Å². The fraction of sp³-hybridized carbons (Fsp3) is 0.600. The number of halogens is 20. The Balaban J connectivity index is 2.84. The molecule has 1 aromatic carbocycles. The lowest BCUT2D eigenvalue weighted by molar-refractivity contribution is -0.393. The van der Waals surface area contributed by atoms with Crippen molar-refractivity contribution in [1.29, 1.82) is 0 Å². The SMILES string of the molecule is Fc1c2c(c(C(F)(F)F)c3c1C(F)(F)C(F)(F)C(F)(F)C3(F)F)C(F)(F)C(F)(F)C(F)(F)C2(F)F. The van der Waals surface area contributed by atoms with Gasteiger partial charge in [-0.05, 0) is 0 Å². The fourth-order valence-electron chi connectivity index (χ4n) is 3.64. The third-order valence-corrected chi connectivity index (χ3v) is 5.34. The van der Waals surface area contributed by atoms with Crippen molar-refractivity contribution in [2.24, 2.45) is 0 Å². The van der Waals surface area contributed by atoms with Crippen LogP contribution < -0.4 is 0 Å². The van der Waals surface area contributed by atoms with Crippen molar-refractivity contribution in [2.45, 2.75) is 53.6 Å². The Hall–Kier alpha value is -2.18. The summed E-state index contributed by atoms with van der Waals surface area (Å²) in [4.78, 5) is 0. The third-order valence-electron chi connectivity index (χ3n) is 5.34. The van der Waals surface area contributed by atoms with Crippen LogP contribution in [0.1, 0.15) is 27.8 Å². The quantitative estimate of drug-likeness (QED) is 0.285. The number of hydrogen-bond acceptors (Lipinski definition) is 0. The Morgan fingerprint density at radius 2 is 0.571 bits per heavy atom. The van der Waals surface area contributed by atoms with Crippen molar-refractivity contribution >= 4 is 0 Å². The van der Waals surface area contributed by atoms with E-state index in [1.807, 2.05) is 0 Å². The maximum absolute atomic E-state index is 14.5.